The molecule has 1 atom stereocenters. The summed E-state index contributed by atoms with van der Waals surface area (Å²) in [5, 5.41) is 10.00. The van der Waals surface area contributed by atoms with Gasteiger partial charge in [-0.2, -0.15) is 0 Å². The number of ether oxygens (including phenoxy) is 1. The monoisotopic (exact) mass is 274 g/mol. The summed E-state index contributed by atoms with van der Waals surface area (Å²) in [5.74, 6) is 1.33. The molecule has 0 aromatic carbocycles. The molecular weight excluding hydrogens is 252 g/mol. The van der Waals surface area contributed by atoms with Gasteiger partial charge in [0.15, 0.2) is 6.29 Å². The molecule has 0 spiro atoms. The van der Waals surface area contributed by atoms with E-state index in [1.165, 1.54) is 12.2 Å². The second-order valence-electron chi connectivity index (χ2n) is 4.10. The van der Waals surface area contributed by atoms with Gasteiger partial charge in [-0.1, -0.05) is 31.7 Å². The van der Waals surface area contributed by atoms with Crippen LogP contribution in [-0.2, 0) is 9.53 Å². The van der Waals surface area contributed by atoms with Crippen LogP contribution in [0, 0.1) is 11.3 Å². The fraction of sp³-hybridized carbons (Fsp3) is 0.250. The van der Waals surface area contributed by atoms with Crippen LogP contribution in [0.5, 0.6) is 0 Å². The van der Waals surface area contributed by atoms with Crippen molar-refractivity contribution < 1.29 is 9.53 Å². The van der Waals surface area contributed by atoms with E-state index in [9.17, 15) is 4.79 Å². The molecule has 108 valence electrons. The van der Waals surface area contributed by atoms with Crippen LogP contribution < -0.4 is 5.32 Å². The minimum absolute atomic E-state index is 0.149. The molecule has 0 bridgehead atoms. The lowest BCUT2D eigenvalue weighted by molar-refractivity contribution is -0.102. The first-order valence-corrected chi connectivity index (χ1v) is 6.28. The van der Waals surface area contributed by atoms with E-state index in [0.29, 0.717) is 17.8 Å². The summed E-state index contributed by atoms with van der Waals surface area (Å²) in [4.78, 5) is 10.4. The molecular formula is C16H22N2O2. The van der Waals surface area contributed by atoms with Crippen molar-refractivity contribution in [3.63, 3.8) is 0 Å². The fourth-order valence-electron chi connectivity index (χ4n) is 1.28. The molecule has 1 rings (SSSR count). The van der Waals surface area contributed by atoms with Crippen LogP contribution in [0.3, 0.4) is 0 Å². The smallest absolute Gasteiger partial charge is 0.167 e. The molecule has 0 radical (unpaired) electrons. The van der Waals surface area contributed by atoms with Crippen molar-refractivity contribution in [1.82, 2.24) is 5.32 Å². The van der Waals surface area contributed by atoms with Gasteiger partial charge in [0.2, 0.25) is 0 Å². The Morgan fingerprint density at radius 3 is 2.65 bits per heavy atom. The zero-order chi connectivity index (χ0) is 15.4. The van der Waals surface area contributed by atoms with Crippen molar-refractivity contribution in [2.45, 2.75) is 6.92 Å². The lowest BCUT2D eigenvalue weighted by Crippen LogP contribution is -1.97. The topological polar surface area (TPSA) is 62.2 Å². The van der Waals surface area contributed by atoms with Crippen LogP contribution in [0.1, 0.15) is 6.92 Å². The molecule has 4 nitrogen and oxygen atoms in total. The van der Waals surface area contributed by atoms with Gasteiger partial charge >= 0.3 is 0 Å². The van der Waals surface area contributed by atoms with E-state index in [4.69, 9.17) is 10.1 Å². The number of carbonyl (C=O) groups is 1. The van der Waals surface area contributed by atoms with Gasteiger partial charge in [0.05, 0.1) is 5.71 Å². The first-order valence-electron chi connectivity index (χ1n) is 6.28. The zero-order valence-electron chi connectivity index (χ0n) is 12.2. The molecule has 0 aliphatic heterocycles. The van der Waals surface area contributed by atoms with E-state index in [1.54, 1.807) is 0 Å². The summed E-state index contributed by atoms with van der Waals surface area (Å²) in [6.45, 7) is 5.62. The highest BCUT2D eigenvalue weighted by Gasteiger charge is 2.03. The molecule has 0 aromatic rings. The highest BCUT2D eigenvalue weighted by molar-refractivity contribution is 6.32. The number of hydrogen-bond donors (Lipinski definition) is 2. The van der Waals surface area contributed by atoms with E-state index >= 15 is 0 Å². The van der Waals surface area contributed by atoms with Gasteiger partial charge in [0.25, 0.3) is 0 Å². The molecule has 1 aliphatic rings. The van der Waals surface area contributed by atoms with Crippen LogP contribution >= 0.6 is 0 Å². The van der Waals surface area contributed by atoms with Gasteiger partial charge in [-0.15, -0.1) is 0 Å². The Morgan fingerprint density at radius 2 is 2.10 bits per heavy atom. The molecule has 0 heterocycles. The van der Waals surface area contributed by atoms with E-state index in [-0.39, 0.29) is 11.6 Å². The zero-order valence-corrected chi connectivity index (χ0v) is 12.2. The molecule has 0 saturated heterocycles. The number of hydrogen-bond acceptors (Lipinski definition) is 4. The van der Waals surface area contributed by atoms with Crippen molar-refractivity contribution in [2.75, 3.05) is 14.1 Å². The standard InChI is InChI=1S/C14H15NO2.C2H7N/c1-3-13(9-12(15)10-16)17-14-7-5-4-6-11(2)8-14;1-3-2/h3-11,15H,1H2,2H3;3H,1-2H3/b13-9+,15-12?;. The number of carbonyl (C=O) groups excluding carboxylic acids is 1. The Morgan fingerprint density at radius 1 is 1.45 bits per heavy atom. The average molecular weight is 274 g/mol. The molecule has 4 heteroatoms. The normalized spacial score (nSPS) is 17.2. The third kappa shape index (κ3) is 8.00. The number of nitrogens with one attached hydrogen (secondary N) is 2. The number of allylic oxidation sites excluding steroid dienone is 7. The van der Waals surface area contributed by atoms with Crippen LogP contribution in [0.4, 0.5) is 0 Å². The van der Waals surface area contributed by atoms with E-state index in [0.717, 1.165) is 0 Å². The Bertz CT molecular complexity index is 457. The van der Waals surface area contributed by atoms with Gasteiger partial charge in [-0.05, 0) is 38.2 Å². The number of aldehydes is 1. The lowest BCUT2D eigenvalue weighted by atomic mass is 10.1. The summed E-state index contributed by atoms with van der Waals surface area (Å²) in [5.41, 5.74) is -0.149. The molecule has 1 aliphatic carbocycles. The second kappa shape index (κ2) is 10.7. The highest BCUT2D eigenvalue weighted by atomic mass is 16.5. The van der Waals surface area contributed by atoms with Crippen molar-refractivity contribution in [3.05, 3.63) is 60.6 Å². The maximum atomic E-state index is 10.4. The molecule has 0 amide bonds. The van der Waals surface area contributed by atoms with Crippen molar-refractivity contribution in [1.29, 1.82) is 5.41 Å². The summed E-state index contributed by atoms with van der Waals surface area (Å²) in [6.07, 6.45) is 12.9. The van der Waals surface area contributed by atoms with E-state index in [2.05, 4.69) is 11.9 Å². The van der Waals surface area contributed by atoms with Gasteiger partial charge in [0.1, 0.15) is 11.5 Å². The third-order valence-electron chi connectivity index (χ3n) is 2.08. The minimum atomic E-state index is -0.149. The Hall–Kier alpha value is -2.20. The maximum Gasteiger partial charge on any atom is 0.167 e. The fourth-order valence-corrected chi connectivity index (χ4v) is 1.28. The van der Waals surface area contributed by atoms with Crippen LogP contribution in [0.2, 0.25) is 0 Å². The Balaban J connectivity index is 0.00000110. The molecule has 0 fully saturated rings. The largest absolute Gasteiger partial charge is 0.458 e. The molecule has 20 heavy (non-hydrogen) atoms. The Kier molecular flexibility index (Phi) is 9.52. The second-order valence-corrected chi connectivity index (χ2v) is 4.10. The van der Waals surface area contributed by atoms with Crippen molar-refractivity contribution in [3.8, 4) is 0 Å². The predicted octanol–water partition coefficient (Wildman–Crippen LogP) is 2.77. The molecule has 0 saturated carbocycles. The van der Waals surface area contributed by atoms with Gasteiger partial charge < -0.3 is 10.1 Å². The summed E-state index contributed by atoms with van der Waals surface area (Å²) in [7, 11) is 3.75. The summed E-state index contributed by atoms with van der Waals surface area (Å²) in [6, 6.07) is 0. The molecule has 2 N–H and O–H groups in total. The third-order valence-corrected chi connectivity index (χ3v) is 2.08. The number of rotatable bonds is 5. The van der Waals surface area contributed by atoms with E-state index in [1.807, 2.05) is 51.4 Å². The maximum absolute atomic E-state index is 10.4. The van der Waals surface area contributed by atoms with Gasteiger partial charge in [-0.3, -0.25) is 10.2 Å². The predicted molar refractivity (Wildman–Crippen MR) is 83.7 cm³/mol. The summed E-state index contributed by atoms with van der Waals surface area (Å²) < 4.78 is 5.54. The van der Waals surface area contributed by atoms with Crippen LogP contribution in [0.25, 0.3) is 0 Å². The minimum Gasteiger partial charge on any atom is -0.458 e. The average Bonchev–Trinajstić information content (AvgIpc) is 2.63. The summed E-state index contributed by atoms with van der Waals surface area (Å²) >= 11 is 0. The molecule has 0 aromatic heterocycles. The Labute approximate surface area is 120 Å². The van der Waals surface area contributed by atoms with Crippen LogP contribution in [-0.4, -0.2) is 26.1 Å². The van der Waals surface area contributed by atoms with Gasteiger partial charge in [0, 0.05) is 6.08 Å². The first kappa shape index (κ1) is 17.8. The van der Waals surface area contributed by atoms with E-state index < -0.39 is 0 Å². The SMILES string of the molecule is C=C/C(=C\C(=N)C=O)OC1=CC(C)C=CC=C1.CNC. The van der Waals surface area contributed by atoms with Crippen LogP contribution in [0.15, 0.2) is 60.6 Å². The molecule has 1 unspecified atom stereocenters. The quantitative estimate of drug-likeness (QED) is 0.351. The van der Waals surface area contributed by atoms with Gasteiger partial charge in [-0.25, -0.2) is 0 Å². The lowest BCUT2D eigenvalue weighted by Gasteiger charge is -2.07. The van der Waals surface area contributed by atoms with Crippen molar-refractivity contribution >= 4 is 12.0 Å². The first-order chi connectivity index (χ1) is 9.57. The van der Waals surface area contributed by atoms with Crippen molar-refractivity contribution in [2.24, 2.45) is 5.92 Å². The highest BCUT2D eigenvalue weighted by Crippen LogP contribution is 2.15.